The number of amides is 2. The van der Waals surface area contributed by atoms with E-state index in [9.17, 15) is 9.59 Å². The lowest BCUT2D eigenvalue weighted by Crippen LogP contribution is -2.13. The third-order valence-electron chi connectivity index (χ3n) is 3.77. The quantitative estimate of drug-likeness (QED) is 0.397. The van der Waals surface area contributed by atoms with Gasteiger partial charge >= 0.3 is 0 Å². The Hall–Kier alpha value is -3.39. The number of nitrogens with two attached hydrogens (primary N) is 1. The number of rotatable bonds is 8. The van der Waals surface area contributed by atoms with E-state index in [4.69, 9.17) is 10.5 Å². The number of carbonyl (C=O) groups excluding carboxylic acids is 2. The lowest BCUT2D eigenvalue weighted by molar-refractivity contribution is -0.116. The summed E-state index contributed by atoms with van der Waals surface area (Å²) in [6.45, 7) is 0.425. The van der Waals surface area contributed by atoms with Gasteiger partial charge in [-0.1, -0.05) is 12.1 Å². The van der Waals surface area contributed by atoms with Crippen LogP contribution in [0.3, 0.4) is 0 Å². The molecule has 2 heterocycles. The summed E-state index contributed by atoms with van der Waals surface area (Å²) in [5.41, 5.74) is 7.47. The molecular weight excluding hydrogens is 376 g/mol. The lowest BCUT2D eigenvalue weighted by Gasteiger charge is -2.06. The SMILES string of the molecule is Nc1ccccc1NC(=O)c1cc(NC(=O)CCCOc2cccnc2)cs1. The van der Waals surface area contributed by atoms with Crippen LogP contribution in [0.15, 0.2) is 60.2 Å². The monoisotopic (exact) mass is 396 g/mol. The molecule has 1 aromatic carbocycles. The first-order valence-electron chi connectivity index (χ1n) is 8.69. The molecule has 0 saturated carbocycles. The minimum Gasteiger partial charge on any atom is -0.492 e. The first kappa shape index (κ1) is 19.4. The van der Waals surface area contributed by atoms with Crippen molar-refractivity contribution >= 4 is 40.2 Å². The third kappa shape index (κ3) is 5.55. The first-order valence-corrected chi connectivity index (χ1v) is 9.57. The molecule has 0 bridgehead atoms. The fourth-order valence-electron chi connectivity index (χ4n) is 2.39. The van der Waals surface area contributed by atoms with Gasteiger partial charge in [0.2, 0.25) is 5.91 Å². The van der Waals surface area contributed by atoms with Gasteiger partial charge in [0.15, 0.2) is 0 Å². The summed E-state index contributed by atoms with van der Waals surface area (Å²) < 4.78 is 5.50. The fourth-order valence-corrected chi connectivity index (χ4v) is 3.13. The number of hydrogen-bond acceptors (Lipinski definition) is 6. The number of para-hydroxylation sites is 2. The van der Waals surface area contributed by atoms with Crippen molar-refractivity contribution in [1.29, 1.82) is 0 Å². The second-order valence-corrected chi connectivity index (χ2v) is 6.84. The van der Waals surface area contributed by atoms with Crippen LogP contribution in [0, 0.1) is 0 Å². The molecule has 7 nitrogen and oxygen atoms in total. The number of aromatic nitrogens is 1. The van der Waals surface area contributed by atoms with Crippen molar-refractivity contribution in [1.82, 2.24) is 4.98 Å². The largest absolute Gasteiger partial charge is 0.492 e. The Labute approximate surface area is 166 Å². The van der Waals surface area contributed by atoms with Crippen molar-refractivity contribution in [3.8, 4) is 5.75 Å². The van der Waals surface area contributed by atoms with Crippen molar-refractivity contribution in [3.63, 3.8) is 0 Å². The molecule has 0 aliphatic rings. The van der Waals surface area contributed by atoms with Gasteiger partial charge < -0.3 is 21.1 Å². The van der Waals surface area contributed by atoms with E-state index in [2.05, 4.69) is 15.6 Å². The van der Waals surface area contributed by atoms with Crippen LogP contribution in [-0.2, 0) is 4.79 Å². The van der Waals surface area contributed by atoms with E-state index in [0.29, 0.717) is 47.1 Å². The Bertz CT molecular complexity index is 943. The van der Waals surface area contributed by atoms with Gasteiger partial charge in [0.05, 0.1) is 34.7 Å². The lowest BCUT2D eigenvalue weighted by atomic mass is 10.2. The van der Waals surface area contributed by atoms with Crippen molar-refractivity contribution in [2.45, 2.75) is 12.8 Å². The summed E-state index contributed by atoms with van der Waals surface area (Å²) in [6, 6.07) is 12.3. The summed E-state index contributed by atoms with van der Waals surface area (Å²) >= 11 is 1.25. The molecule has 2 aromatic heterocycles. The Morgan fingerprint density at radius 3 is 2.79 bits per heavy atom. The highest BCUT2D eigenvalue weighted by Crippen LogP contribution is 2.23. The summed E-state index contributed by atoms with van der Waals surface area (Å²) in [5.74, 6) is 0.274. The second-order valence-electron chi connectivity index (χ2n) is 5.93. The van der Waals surface area contributed by atoms with Gasteiger partial charge in [0, 0.05) is 18.0 Å². The van der Waals surface area contributed by atoms with Crippen LogP contribution in [0.2, 0.25) is 0 Å². The van der Waals surface area contributed by atoms with Crippen LogP contribution < -0.4 is 21.1 Å². The zero-order valence-electron chi connectivity index (χ0n) is 15.1. The van der Waals surface area contributed by atoms with Gasteiger partial charge in [-0.3, -0.25) is 14.6 Å². The maximum Gasteiger partial charge on any atom is 0.265 e. The molecule has 4 N–H and O–H groups in total. The van der Waals surface area contributed by atoms with Crippen molar-refractivity contribution in [2.24, 2.45) is 0 Å². The highest BCUT2D eigenvalue weighted by atomic mass is 32.1. The molecule has 3 rings (SSSR count). The van der Waals surface area contributed by atoms with E-state index in [-0.39, 0.29) is 11.8 Å². The molecule has 28 heavy (non-hydrogen) atoms. The number of anilines is 3. The molecule has 0 aliphatic heterocycles. The number of carbonyl (C=O) groups is 2. The van der Waals surface area contributed by atoms with Crippen molar-refractivity contribution < 1.29 is 14.3 Å². The summed E-state index contributed by atoms with van der Waals surface area (Å²) in [5, 5.41) is 7.28. The molecule has 144 valence electrons. The van der Waals surface area contributed by atoms with E-state index in [0.717, 1.165) is 0 Å². The molecule has 0 saturated heterocycles. The number of nitrogens with one attached hydrogen (secondary N) is 2. The van der Waals surface area contributed by atoms with Gasteiger partial charge in [-0.2, -0.15) is 0 Å². The highest BCUT2D eigenvalue weighted by Gasteiger charge is 2.12. The predicted molar refractivity (Wildman–Crippen MR) is 111 cm³/mol. The molecule has 0 spiro atoms. The summed E-state index contributed by atoms with van der Waals surface area (Å²) in [6.07, 6.45) is 4.19. The van der Waals surface area contributed by atoms with E-state index in [1.807, 2.05) is 6.07 Å². The molecule has 0 unspecified atom stereocenters. The van der Waals surface area contributed by atoms with E-state index >= 15 is 0 Å². The minimum atomic E-state index is -0.270. The van der Waals surface area contributed by atoms with Crippen LogP contribution in [0.5, 0.6) is 5.75 Å². The Morgan fingerprint density at radius 1 is 1.14 bits per heavy atom. The molecule has 0 fully saturated rings. The fraction of sp³-hybridized carbons (Fsp3) is 0.150. The van der Waals surface area contributed by atoms with Gasteiger partial charge in [-0.05, 0) is 36.8 Å². The smallest absolute Gasteiger partial charge is 0.265 e. The van der Waals surface area contributed by atoms with Crippen molar-refractivity contribution in [2.75, 3.05) is 23.0 Å². The van der Waals surface area contributed by atoms with Crippen molar-refractivity contribution in [3.05, 3.63) is 65.1 Å². The number of benzene rings is 1. The third-order valence-corrected chi connectivity index (χ3v) is 4.70. The number of nitrogens with zero attached hydrogens (tertiary/aromatic N) is 1. The van der Waals surface area contributed by atoms with E-state index in [1.54, 1.807) is 54.2 Å². The summed E-state index contributed by atoms with van der Waals surface area (Å²) in [4.78, 5) is 28.8. The molecule has 0 atom stereocenters. The summed E-state index contributed by atoms with van der Waals surface area (Å²) in [7, 11) is 0. The van der Waals surface area contributed by atoms with E-state index in [1.165, 1.54) is 11.3 Å². The van der Waals surface area contributed by atoms with Gasteiger partial charge in [0.1, 0.15) is 5.75 Å². The van der Waals surface area contributed by atoms with Crippen LogP contribution in [0.4, 0.5) is 17.1 Å². The maximum absolute atomic E-state index is 12.3. The van der Waals surface area contributed by atoms with Gasteiger partial charge in [-0.25, -0.2) is 0 Å². The standard InChI is InChI=1S/C20H20N4O3S/c21-16-6-1-2-7-17(16)24-20(26)18-11-14(13-28-18)23-19(25)8-4-10-27-15-5-3-9-22-12-15/h1-3,5-7,9,11-13H,4,8,10,21H2,(H,23,25)(H,24,26). The zero-order chi connectivity index (χ0) is 19.8. The average molecular weight is 396 g/mol. The Morgan fingerprint density at radius 2 is 2.00 bits per heavy atom. The maximum atomic E-state index is 12.3. The normalized spacial score (nSPS) is 10.3. The molecule has 8 heteroatoms. The number of nitrogen functional groups attached to an aromatic ring is 1. The second kappa shape index (κ2) is 9.52. The molecular formula is C20H20N4O3S. The molecule has 2 amide bonds. The predicted octanol–water partition coefficient (Wildman–Crippen LogP) is 3.78. The number of pyridine rings is 1. The molecule has 0 aliphatic carbocycles. The van der Waals surface area contributed by atoms with Crippen LogP contribution in [0.25, 0.3) is 0 Å². The first-order chi connectivity index (χ1) is 13.6. The number of hydrogen-bond donors (Lipinski definition) is 3. The zero-order valence-corrected chi connectivity index (χ0v) is 15.9. The topological polar surface area (TPSA) is 106 Å². The molecule has 0 radical (unpaired) electrons. The van der Waals surface area contributed by atoms with E-state index < -0.39 is 0 Å². The Kier molecular flexibility index (Phi) is 6.59. The highest BCUT2D eigenvalue weighted by molar-refractivity contribution is 7.12. The van der Waals surface area contributed by atoms with Crippen LogP contribution in [-0.4, -0.2) is 23.4 Å². The van der Waals surface area contributed by atoms with Gasteiger partial charge in [-0.15, -0.1) is 11.3 Å². The minimum absolute atomic E-state index is 0.133. The Balaban J connectivity index is 1.44. The van der Waals surface area contributed by atoms with Crippen LogP contribution >= 0.6 is 11.3 Å². The molecule has 3 aromatic rings. The van der Waals surface area contributed by atoms with Gasteiger partial charge in [0.25, 0.3) is 5.91 Å². The number of ether oxygens (including phenoxy) is 1. The van der Waals surface area contributed by atoms with Crippen LogP contribution in [0.1, 0.15) is 22.5 Å². The average Bonchev–Trinajstić information content (AvgIpc) is 3.16. The number of thiophene rings is 1.